The molecular formula is C16H21NO3. The minimum absolute atomic E-state index is 0.00218. The molecule has 0 heterocycles. The zero-order valence-corrected chi connectivity index (χ0v) is 12.4. The molecule has 2 atom stereocenters. The highest BCUT2D eigenvalue weighted by Gasteiger charge is 2.52. The van der Waals surface area contributed by atoms with Crippen molar-refractivity contribution in [1.82, 2.24) is 0 Å². The average Bonchev–Trinajstić information content (AvgIpc) is 3.05. The number of anilines is 1. The van der Waals surface area contributed by atoms with Crippen molar-refractivity contribution < 1.29 is 14.7 Å². The van der Waals surface area contributed by atoms with Crippen molar-refractivity contribution in [3.05, 3.63) is 28.8 Å². The SMILES string of the molecule is CCC1(C)CC1C(=O)Nc1cc(C(=O)O)c(C)cc1C. The number of carboxylic acid groups (broad SMARTS) is 1. The first-order chi connectivity index (χ1) is 9.28. The molecule has 2 rings (SSSR count). The third-order valence-electron chi connectivity index (χ3n) is 4.54. The quantitative estimate of drug-likeness (QED) is 0.885. The number of rotatable bonds is 4. The molecule has 0 aliphatic heterocycles. The van der Waals surface area contributed by atoms with E-state index < -0.39 is 5.97 Å². The Morgan fingerprint density at radius 3 is 2.50 bits per heavy atom. The summed E-state index contributed by atoms with van der Waals surface area (Å²) in [5, 5.41) is 12.0. The Bertz CT molecular complexity index is 579. The van der Waals surface area contributed by atoms with Crippen LogP contribution in [0.2, 0.25) is 0 Å². The van der Waals surface area contributed by atoms with Crippen molar-refractivity contribution in [3.8, 4) is 0 Å². The zero-order chi connectivity index (χ0) is 15.1. The third-order valence-corrected chi connectivity index (χ3v) is 4.54. The summed E-state index contributed by atoms with van der Waals surface area (Å²) >= 11 is 0. The van der Waals surface area contributed by atoms with Gasteiger partial charge in [-0.3, -0.25) is 4.79 Å². The molecular weight excluding hydrogens is 254 g/mol. The molecule has 0 spiro atoms. The van der Waals surface area contributed by atoms with Crippen LogP contribution in [-0.2, 0) is 4.79 Å². The molecule has 1 aliphatic carbocycles. The zero-order valence-electron chi connectivity index (χ0n) is 12.4. The molecule has 2 N–H and O–H groups in total. The summed E-state index contributed by atoms with van der Waals surface area (Å²) in [4.78, 5) is 23.4. The van der Waals surface area contributed by atoms with Crippen LogP contribution in [0, 0.1) is 25.2 Å². The van der Waals surface area contributed by atoms with Gasteiger partial charge in [0.25, 0.3) is 0 Å². The second-order valence-corrected chi connectivity index (χ2v) is 6.04. The largest absolute Gasteiger partial charge is 0.478 e. The highest BCUT2D eigenvalue weighted by molar-refractivity contribution is 5.98. The van der Waals surface area contributed by atoms with Gasteiger partial charge in [-0.1, -0.05) is 19.9 Å². The Kier molecular flexibility index (Phi) is 3.59. The lowest BCUT2D eigenvalue weighted by Gasteiger charge is -2.13. The van der Waals surface area contributed by atoms with Gasteiger partial charge in [-0.15, -0.1) is 0 Å². The summed E-state index contributed by atoms with van der Waals surface area (Å²) in [5.74, 6) is -0.929. The minimum atomic E-state index is -0.970. The number of carbonyl (C=O) groups excluding carboxylic acids is 1. The van der Waals surface area contributed by atoms with E-state index in [4.69, 9.17) is 5.11 Å². The predicted molar refractivity (Wildman–Crippen MR) is 78.0 cm³/mol. The molecule has 0 aromatic heterocycles. The van der Waals surface area contributed by atoms with E-state index >= 15 is 0 Å². The first-order valence-corrected chi connectivity index (χ1v) is 6.94. The monoisotopic (exact) mass is 275 g/mol. The number of nitrogens with one attached hydrogen (secondary N) is 1. The fourth-order valence-electron chi connectivity index (χ4n) is 2.64. The molecule has 108 valence electrons. The van der Waals surface area contributed by atoms with Crippen molar-refractivity contribution in [1.29, 1.82) is 0 Å². The molecule has 4 heteroatoms. The van der Waals surface area contributed by atoms with Crippen LogP contribution in [-0.4, -0.2) is 17.0 Å². The number of hydrogen-bond donors (Lipinski definition) is 2. The standard InChI is InChI=1S/C16H21NO3/c1-5-16(4)8-12(16)14(18)17-13-7-11(15(19)20)9(2)6-10(13)3/h6-7,12H,5,8H2,1-4H3,(H,17,18)(H,19,20). The van der Waals surface area contributed by atoms with E-state index in [1.165, 1.54) is 0 Å². The van der Waals surface area contributed by atoms with E-state index in [2.05, 4.69) is 19.2 Å². The predicted octanol–water partition coefficient (Wildman–Crippen LogP) is 3.38. The van der Waals surface area contributed by atoms with E-state index in [0.29, 0.717) is 11.3 Å². The Labute approximate surface area is 119 Å². The van der Waals surface area contributed by atoms with Gasteiger partial charge in [0.2, 0.25) is 5.91 Å². The van der Waals surface area contributed by atoms with Crippen molar-refractivity contribution in [2.24, 2.45) is 11.3 Å². The van der Waals surface area contributed by atoms with Crippen molar-refractivity contribution in [2.75, 3.05) is 5.32 Å². The molecule has 1 saturated carbocycles. The van der Waals surface area contributed by atoms with Crippen molar-refractivity contribution in [3.63, 3.8) is 0 Å². The van der Waals surface area contributed by atoms with Gasteiger partial charge in [-0.2, -0.15) is 0 Å². The second-order valence-electron chi connectivity index (χ2n) is 6.04. The molecule has 0 radical (unpaired) electrons. The maximum Gasteiger partial charge on any atom is 0.336 e. The maximum absolute atomic E-state index is 12.2. The smallest absolute Gasteiger partial charge is 0.336 e. The summed E-state index contributed by atoms with van der Waals surface area (Å²) < 4.78 is 0. The summed E-state index contributed by atoms with van der Waals surface area (Å²) in [6, 6.07) is 3.35. The second kappa shape index (κ2) is 4.93. The van der Waals surface area contributed by atoms with Gasteiger partial charge in [0.05, 0.1) is 5.56 Å². The first-order valence-electron chi connectivity index (χ1n) is 6.94. The number of aromatic carboxylic acids is 1. The van der Waals surface area contributed by atoms with E-state index in [-0.39, 0.29) is 22.8 Å². The molecule has 2 unspecified atom stereocenters. The van der Waals surface area contributed by atoms with Crippen LogP contribution in [0.1, 0.15) is 48.2 Å². The van der Waals surface area contributed by atoms with Crippen LogP contribution in [0.25, 0.3) is 0 Å². The van der Waals surface area contributed by atoms with Crippen LogP contribution in [0.3, 0.4) is 0 Å². The molecule has 0 bridgehead atoms. The van der Waals surface area contributed by atoms with Gasteiger partial charge in [-0.05, 0) is 49.3 Å². The van der Waals surface area contributed by atoms with Gasteiger partial charge < -0.3 is 10.4 Å². The number of carboxylic acids is 1. The number of benzene rings is 1. The van der Waals surface area contributed by atoms with Crippen LogP contribution in [0.15, 0.2) is 12.1 Å². The van der Waals surface area contributed by atoms with Crippen molar-refractivity contribution in [2.45, 2.75) is 40.5 Å². The van der Waals surface area contributed by atoms with Gasteiger partial charge in [0.1, 0.15) is 0 Å². The Morgan fingerprint density at radius 1 is 1.35 bits per heavy atom. The molecule has 1 amide bonds. The first kappa shape index (κ1) is 14.6. The van der Waals surface area contributed by atoms with Crippen LogP contribution < -0.4 is 5.32 Å². The Hall–Kier alpha value is -1.84. The lowest BCUT2D eigenvalue weighted by molar-refractivity contribution is -0.118. The molecule has 1 aromatic rings. The van der Waals surface area contributed by atoms with E-state index in [1.54, 1.807) is 19.1 Å². The summed E-state index contributed by atoms with van der Waals surface area (Å²) in [6.45, 7) is 7.84. The van der Waals surface area contributed by atoms with Gasteiger partial charge in [0.15, 0.2) is 0 Å². The van der Waals surface area contributed by atoms with Crippen LogP contribution in [0.5, 0.6) is 0 Å². The molecule has 0 saturated heterocycles. The third kappa shape index (κ3) is 2.55. The molecule has 1 aliphatic rings. The highest BCUT2D eigenvalue weighted by atomic mass is 16.4. The fourth-order valence-corrected chi connectivity index (χ4v) is 2.64. The normalized spacial score (nSPS) is 24.3. The maximum atomic E-state index is 12.2. The van der Waals surface area contributed by atoms with E-state index in [1.807, 2.05) is 6.92 Å². The van der Waals surface area contributed by atoms with Crippen molar-refractivity contribution >= 4 is 17.6 Å². The average molecular weight is 275 g/mol. The topological polar surface area (TPSA) is 66.4 Å². The van der Waals surface area contributed by atoms with E-state index in [9.17, 15) is 9.59 Å². The van der Waals surface area contributed by atoms with Gasteiger partial charge in [-0.25, -0.2) is 4.79 Å². The molecule has 4 nitrogen and oxygen atoms in total. The summed E-state index contributed by atoms with van der Waals surface area (Å²) in [6.07, 6.45) is 1.89. The van der Waals surface area contributed by atoms with Crippen LogP contribution >= 0.6 is 0 Å². The van der Waals surface area contributed by atoms with E-state index in [0.717, 1.165) is 18.4 Å². The molecule has 1 fully saturated rings. The Balaban J connectivity index is 2.20. The van der Waals surface area contributed by atoms with Gasteiger partial charge in [0, 0.05) is 11.6 Å². The minimum Gasteiger partial charge on any atom is -0.478 e. The van der Waals surface area contributed by atoms with Crippen LogP contribution in [0.4, 0.5) is 5.69 Å². The fraction of sp³-hybridized carbons (Fsp3) is 0.500. The highest BCUT2D eigenvalue weighted by Crippen LogP contribution is 2.55. The number of amides is 1. The van der Waals surface area contributed by atoms with Gasteiger partial charge >= 0.3 is 5.97 Å². The lowest BCUT2D eigenvalue weighted by Crippen LogP contribution is -2.18. The summed E-state index contributed by atoms with van der Waals surface area (Å²) in [5.41, 5.74) is 2.54. The molecule has 1 aromatic carbocycles. The number of hydrogen-bond acceptors (Lipinski definition) is 2. The lowest BCUT2D eigenvalue weighted by atomic mass is 10.0. The Morgan fingerprint density at radius 2 is 2.00 bits per heavy atom. The number of aryl methyl sites for hydroxylation is 2. The molecule has 20 heavy (non-hydrogen) atoms. The summed E-state index contributed by atoms with van der Waals surface area (Å²) in [7, 11) is 0. The number of carbonyl (C=O) groups is 2.